The lowest BCUT2D eigenvalue weighted by Gasteiger charge is -2.20. The molecule has 1 aliphatic heterocycles. The highest BCUT2D eigenvalue weighted by Crippen LogP contribution is 2.15. The molecule has 4 nitrogen and oxygen atoms in total. The van der Waals surface area contributed by atoms with Crippen molar-refractivity contribution in [2.45, 2.75) is 25.4 Å². The Morgan fingerprint density at radius 1 is 1.75 bits per heavy atom. The summed E-state index contributed by atoms with van der Waals surface area (Å²) in [4.78, 5) is 13.1. The van der Waals surface area contributed by atoms with E-state index in [1.54, 1.807) is 4.90 Å². The summed E-state index contributed by atoms with van der Waals surface area (Å²) in [5.74, 6) is 0.0398. The van der Waals surface area contributed by atoms with Crippen LogP contribution in [0.5, 0.6) is 0 Å². The maximum Gasteiger partial charge on any atom is 0.248 e. The van der Waals surface area contributed by atoms with Crippen LogP contribution < -0.4 is 5.73 Å². The second kappa shape index (κ2) is 3.87. The summed E-state index contributed by atoms with van der Waals surface area (Å²) in [6.45, 7) is 2.85. The standard InChI is InChI=1S/C8H16N2O2/c1-6-3-7(9)4-10(6)8(11)5-12-2/h6-7H,3-5,9H2,1-2H3. The lowest BCUT2D eigenvalue weighted by molar-refractivity contribution is -0.135. The fraction of sp³-hybridized carbons (Fsp3) is 0.875. The van der Waals surface area contributed by atoms with E-state index >= 15 is 0 Å². The molecule has 0 radical (unpaired) electrons. The summed E-state index contributed by atoms with van der Waals surface area (Å²) in [5, 5.41) is 0. The van der Waals surface area contributed by atoms with Gasteiger partial charge in [0.25, 0.3) is 0 Å². The molecule has 0 aromatic heterocycles. The topological polar surface area (TPSA) is 55.6 Å². The molecule has 1 fully saturated rings. The van der Waals surface area contributed by atoms with Crippen LogP contribution in [0.15, 0.2) is 0 Å². The first kappa shape index (κ1) is 9.48. The highest BCUT2D eigenvalue weighted by molar-refractivity contribution is 5.78. The van der Waals surface area contributed by atoms with Gasteiger partial charge in [0.15, 0.2) is 0 Å². The molecule has 0 aromatic rings. The van der Waals surface area contributed by atoms with E-state index in [0.29, 0.717) is 6.54 Å². The summed E-state index contributed by atoms with van der Waals surface area (Å²) in [6, 6.07) is 0.406. The van der Waals surface area contributed by atoms with Gasteiger partial charge in [0, 0.05) is 25.7 Å². The molecular formula is C8H16N2O2. The van der Waals surface area contributed by atoms with Crippen molar-refractivity contribution in [3.8, 4) is 0 Å². The van der Waals surface area contributed by atoms with E-state index in [2.05, 4.69) is 0 Å². The van der Waals surface area contributed by atoms with E-state index in [0.717, 1.165) is 6.42 Å². The molecule has 2 atom stereocenters. The number of amides is 1. The lowest BCUT2D eigenvalue weighted by atomic mass is 10.2. The van der Waals surface area contributed by atoms with Crippen LogP contribution in [0, 0.1) is 0 Å². The first-order valence-corrected chi connectivity index (χ1v) is 4.19. The summed E-state index contributed by atoms with van der Waals surface area (Å²) < 4.78 is 4.77. The van der Waals surface area contributed by atoms with E-state index in [9.17, 15) is 4.79 Å². The van der Waals surface area contributed by atoms with Crippen molar-refractivity contribution < 1.29 is 9.53 Å². The molecule has 0 bridgehead atoms. The minimum Gasteiger partial charge on any atom is -0.375 e. The molecule has 4 heteroatoms. The second-order valence-corrected chi connectivity index (χ2v) is 3.32. The van der Waals surface area contributed by atoms with Crippen molar-refractivity contribution in [1.82, 2.24) is 4.90 Å². The Morgan fingerprint density at radius 3 is 2.83 bits per heavy atom. The SMILES string of the molecule is COCC(=O)N1CC(N)CC1C. The molecule has 0 saturated carbocycles. The number of methoxy groups -OCH3 is 1. The molecule has 0 aliphatic carbocycles. The monoisotopic (exact) mass is 172 g/mol. The first-order valence-electron chi connectivity index (χ1n) is 4.19. The van der Waals surface area contributed by atoms with Gasteiger partial charge in [0.05, 0.1) is 0 Å². The quantitative estimate of drug-likeness (QED) is 0.615. The summed E-state index contributed by atoms with van der Waals surface area (Å²) in [5.41, 5.74) is 5.71. The molecule has 2 unspecified atom stereocenters. The third-order valence-electron chi connectivity index (χ3n) is 2.20. The third kappa shape index (κ3) is 1.95. The second-order valence-electron chi connectivity index (χ2n) is 3.32. The Morgan fingerprint density at radius 2 is 2.42 bits per heavy atom. The molecule has 1 saturated heterocycles. The van der Waals surface area contributed by atoms with Crippen molar-refractivity contribution in [2.24, 2.45) is 5.73 Å². The van der Waals surface area contributed by atoms with Gasteiger partial charge in [-0.2, -0.15) is 0 Å². The number of ether oxygens (including phenoxy) is 1. The van der Waals surface area contributed by atoms with Crippen molar-refractivity contribution in [1.29, 1.82) is 0 Å². The molecule has 70 valence electrons. The molecule has 12 heavy (non-hydrogen) atoms. The average Bonchev–Trinajstić information content (AvgIpc) is 2.30. The molecule has 1 rings (SSSR count). The fourth-order valence-electron chi connectivity index (χ4n) is 1.63. The van der Waals surface area contributed by atoms with E-state index in [-0.39, 0.29) is 24.6 Å². The Labute approximate surface area is 72.7 Å². The average molecular weight is 172 g/mol. The first-order chi connectivity index (χ1) is 5.65. The van der Waals surface area contributed by atoms with Crippen LogP contribution in [0.2, 0.25) is 0 Å². The number of carbonyl (C=O) groups excluding carboxylic acids is 1. The minimum atomic E-state index is 0.0398. The number of rotatable bonds is 2. The number of nitrogens with zero attached hydrogens (tertiary/aromatic N) is 1. The Hall–Kier alpha value is -0.610. The van der Waals surface area contributed by atoms with Gasteiger partial charge in [-0.15, -0.1) is 0 Å². The van der Waals surface area contributed by atoms with Crippen molar-refractivity contribution in [2.75, 3.05) is 20.3 Å². The Bertz CT molecular complexity index is 172. The van der Waals surface area contributed by atoms with Gasteiger partial charge in [-0.05, 0) is 13.3 Å². The fourth-order valence-corrected chi connectivity index (χ4v) is 1.63. The highest BCUT2D eigenvalue weighted by atomic mass is 16.5. The molecule has 0 spiro atoms. The zero-order valence-corrected chi connectivity index (χ0v) is 7.62. The number of hydrogen-bond acceptors (Lipinski definition) is 3. The van der Waals surface area contributed by atoms with Crippen LogP contribution in [0.25, 0.3) is 0 Å². The van der Waals surface area contributed by atoms with Gasteiger partial charge in [0.2, 0.25) is 5.91 Å². The van der Waals surface area contributed by atoms with E-state index < -0.39 is 0 Å². The Balaban J connectivity index is 2.46. The van der Waals surface area contributed by atoms with Crippen LogP contribution in [0.1, 0.15) is 13.3 Å². The van der Waals surface area contributed by atoms with Crippen molar-refractivity contribution in [3.05, 3.63) is 0 Å². The van der Waals surface area contributed by atoms with Gasteiger partial charge in [-0.25, -0.2) is 0 Å². The summed E-state index contributed by atoms with van der Waals surface area (Å²) in [6.07, 6.45) is 0.898. The molecule has 2 N–H and O–H groups in total. The smallest absolute Gasteiger partial charge is 0.248 e. The van der Waals surface area contributed by atoms with Crippen LogP contribution in [0.3, 0.4) is 0 Å². The predicted octanol–water partition coefficient (Wildman–Crippen LogP) is -0.419. The minimum absolute atomic E-state index is 0.0398. The number of hydrogen-bond donors (Lipinski definition) is 1. The number of likely N-dealkylation sites (tertiary alicyclic amines) is 1. The number of carbonyl (C=O) groups is 1. The molecule has 1 aliphatic rings. The number of nitrogens with two attached hydrogens (primary N) is 1. The van der Waals surface area contributed by atoms with Gasteiger partial charge in [0.1, 0.15) is 6.61 Å². The van der Waals surface area contributed by atoms with Crippen LogP contribution in [-0.4, -0.2) is 43.2 Å². The van der Waals surface area contributed by atoms with E-state index in [4.69, 9.17) is 10.5 Å². The normalized spacial score (nSPS) is 29.4. The van der Waals surface area contributed by atoms with E-state index in [1.165, 1.54) is 7.11 Å². The molecule has 1 heterocycles. The predicted molar refractivity (Wildman–Crippen MR) is 45.6 cm³/mol. The van der Waals surface area contributed by atoms with Crippen molar-refractivity contribution >= 4 is 5.91 Å². The van der Waals surface area contributed by atoms with Crippen LogP contribution >= 0.6 is 0 Å². The maximum atomic E-state index is 11.3. The van der Waals surface area contributed by atoms with Gasteiger partial charge < -0.3 is 15.4 Å². The summed E-state index contributed by atoms with van der Waals surface area (Å²) in [7, 11) is 1.53. The van der Waals surface area contributed by atoms with Gasteiger partial charge in [-0.1, -0.05) is 0 Å². The van der Waals surface area contributed by atoms with Gasteiger partial charge >= 0.3 is 0 Å². The maximum absolute atomic E-state index is 11.3. The van der Waals surface area contributed by atoms with Crippen LogP contribution in [0.4, 0.5) is 0 Å². The van der Waals surface area contributed by atoms with Crippen molar-refractivity contribution in [3.63, 3.8) is 0 Å². The van der Waals surface area contributed by atoms with E-state index in [1.807, 2.05) is 6.92 Å². The third-order valence-corrected chi connectivity index (χ3v) is 2.20. The van der Waals surface area contributed by atoms with Crippen LogP contribution in [-0.2, 0) is 9.53 Å². The zero-order chi connectivity index (χ0) is 9.14. The largest absolute Gasteiger partial charge is 0.375 e. The molecule has 1 amide bonds. The van der Waals surface area contributed by atoms with Gasteiger partial charge in [-0.3, -0.25) is 4.79 Å². The Kier molecular flexibility index (Phi) is 3.05. The lowest BCUT2D eigenvalue weighted by Crippen LogP contribution is -2.37. The summed E-state index contributed by atoms with van der Waals surface area (Å²) >= 11 is 0. The molecule has 0 aromatic carbocycles. The molecular weight excluding hydrogens is 156 g/mol. The highest BCUT2D eigenvalue weighted by Gasteiger charge is 2.29. The zero-order valence-electron chi connectivity index (χ0n) is 7.62.